The van der Waals surface area contributed by atoms with Gasteiger partial charge in [0.05, 0.1) is 23.4 Å². The molecule has 0 spiro atoms. The van der Waals surface area contributed by atoms with Crippen molar-refractivity contribution in [2.45, 2.75) is 0 Å². The molecule has 0 atom stereocenters. The van der Waals surface area contributed by atoms with E-state index in [1.807, 2.05) is 22.6 Å². The van der Waals surface area contributed by atoms with Crippen molar-refractivity contribution in [3.63, 3.8) is 0 Å². The maximum atomic E-state index is 10.7. The molecule has 0 aromatic carbocycles. The van der Waals surface area contributed by atoms with Crippen molar-refractivity contribution in [3.8, 4) is 11.8 Å². The van der Waals surface area contributed by atoms with Crippen LogP contribution in [-0.4, -0.2) is 30.7 Å². The van der Waals surface area contributed by atoms with Gasteiger partial charge in [0.2, 0.25) is 11.8 Å². The van der Waals surface area contributed by atoms with Crippen LogP contribution in [0.5, 0.6) is 11.8 Å². The average Bonchev–Trinajstić information content (AvgIpc) is 2.17. The van der Waals surface area contributed by atoms with Gasteiger partial charge >= 0.3 is 0 Å². The van der Waals surface area contributed by atoms with Gasteiger partial charge in [-0.15, -0.1) is 10.2 Å². The number of rotatable bonds is 3. The molecule has 1 aromatic heterocycles. The number of nitrogens with zero attached hydrogens (tertiary/aromatic N) is 2. The lowest BCUT2D eigenvalue weighted by Gasteiger charge is -2.05. The molecule has 6 heteroatoms. The van der Waals surface area contributed by atoms with Gasteiger partial charge in [0.1, 0.15) is 0 Å². The van der Waals surface area contributed by atoms with Gasteiger partial charge in [-0.25, -0.2) is 0 Å². The molecule has 0 N–H and O–H groups in total. The summed E-state index contributed by atoms with van der Waals surface area (Å²) in [6, 6.07) is 0. The zero-order valence-corrected chi connectivity index (χ0v) is 9.23. The van der Waals surface area contributed by atoms with Gasteiger partial charge in [0, 0.05) is 0 Å². The second-order valence-electron chi connectivity index (χ2n) is 2.06. The molecule has 0 unspecified atom stereocenters. The van der Waals surface area contributed by atoms with Gasteiger partial charge in [0.25, 0.3) is 0 Å². The van der Waals surface area contributed by atoms with Gasteiger partial charge in [-0.1, -0.05) is 0 Å². The fourth-order valence-corrected chi connectivity index (χ4v) is 1.47. The smallest absolute Gasteiger partial charge is 0.247 e. The molecule has 0 aliphatic heterocycles. The molecule has 5 nitrogen and oxygen atoms in total. The summed E-state index contributed by atoms with van der Waals surface area (Å²) >= 11 is 1.95. The summed E-state index contributed by atoms with van der Waals surface area (Å²) in [5, 5.41) is 7.38. The van der Waals surface area contributed by atoms with E-state index >= 15 is 0 Å². The van der Waals surface area contributed by atoms with E-state index in [0.29, 0.717) is 21.3 Å². The second kappa shape index (κ2) is 4.35. The normalized spacial score (nSPS) is 9.46. The van der Waals surface area contributed by atoms with Crippen molar-refractivity contribution in [1.29, 1.82) is 0 Å². The Morgan fingerprint density at radius 3 is 2.23 bits per heavy atom. The number of halogens is 1. The van der Waals surface area contributed by atoms with Crippen molar-refractivity contribution >= 4 is 28.9 Å². The topological polar surface area (TPSA) is 61.3 Å². The molecule has 13 heavy (non-hydrogen) atoms. The van der Waals surface area contributed by atoms with Gasteiger partial charge in [-0.2, -0.15) is 0 Å². The third-order valence-corrected chi connectivity index (χ3v) is 2.43. The predicted molar refractivity (Wildman–Crippen MR) is 53.2 cm³/mol. The maximum Gasteiger partial charge on any atom is 0.247 e. The zero-order chi connectivity index (χ0) is 9.84. The number of hydrogen-bond acceptors (Lipinski definition) is 5. The molecule has 0 bridgehead atoms. The fraction of sp³-hybridized carbons (Fsp3) is 0.286. The first kappa shape index (κ1) is 10.2. The van der Waals surface area contributed by atoms with Crippen LogP contribution in [0.1, 0.15) is 10.4 Å². The highest BCUT2D eigenvalue weighted by atomic mass is 127. The summed E-state index contributed by atoms with van der Waals surface area (Å²) in [5.74, 6) is 0.531. The average molecular weight is 294 g/mol. The van der Waals surface area contributed by atoms with E-state index in [1.54, 1.807) is 0 Å². The Labute approximate surface area is 88.6 Å². The zero-order valence-electron chi connectivity index (χ0n) is 7.07. The van der Waals surface area contributed by atoms with Crippen molar-refractivity contribution in [3.05, 3.63) is 9.13 Å². The highest BCUT2D eigenvalue weighted by Crippen LogP contribution is 2.25. The Kier molecular flexibility index (Phi) is 3.40. The summed E-state index contributed by atoms with van der Waals surface area (Å²) in [6.45, 7) is 0. The first-order valence-electron chi connectivity index (χ1n) is 3.34. The number of methoxy groups -OCH3 is 2. The molecule has 0 saturated heterocycles. The van der Waals surface area contributed by atoms with Crippen LogP contribution in [0.4, 0.5) is 0 Å². The van der Waals surface area contributed by atoms with Crippen molar-refractivity contribution in [2.75, 3.05) is 14.2 Å². The number of carbonyl (C=O) groups excluding carboxylic acids is 1. The number of hydrogen-bond donors (Lipinski definition) is 0. The van der Waals surface area contributed by atoms with Crippen molar-refractivity contribution < 1.29 is 14.3 Å². The van der Waals surface area contributed by atoms with Crippen LogP contribution in [0.15, 0.2) is 0 Å². The summed E-state index contributed by atoms with van der Waals surface area (Å²) < 4.78 is 10.3. The molecule has 0 radical (unpaired) electrons. The maximum absolute atomic E-state index is 10.7. The molecular formula is C7H7IN2O3. The highest BCUT2D eigenvalue weighted by molar-refractivity contribution is 14.1. The Balaban J connectivity index is 3.31. The Morgan fingerprint density at radius 1 is 1.23 bits per heavy atom. The summed E-state index contributed by atoms with van der Waals surface area (Å²) in [7, 11) is 2.90. The number of carbonyl (C=O) groups is 1. The Morgan fingerprint density at radius 2 is 1.77 bits per heavy atom. The van der Waals surface area contributed by atoms with Crippen molar-refractivity contribution in [1.82, 2.24) is 10.2 Å². The minimum atomic E-state index is 0.209. The quantitative estimate of drug-likeness (QED) is 0.612. The summed E-state index contributed by atoms with van der Waals surface area (Å²) in [4.78, 5) is 10.7. The first-order valence-corrected chi connectivity index (χ1v) is 4.41. The third-order valence-electron chi connectivity index (χ3n) is 1.39. The van der Waals surface area contributed by atoms with Crippen molar-refractivity contribution in [2.24, 2.45) is 0 Å². The molecule has 0 aliphatic rings. The SMILES string of the molecule is COc1nnc(OC)c(C=O)c1I. The summed E-state index contributed by atoms with van der Waals surface area (Å²) in [6.07, 6.45) is 0.664. The molecule has 1 rings (SSSR count). The molecule has 1 heterocycles. The first-order chi connectivity index (χ1) is 6.24. The molecule has 0 saturated carbocycles. The van der Waals surface area contributed by atoms with E-state index in [4.69, 9.17) is 9.47 Å². The van der Waals surface area contributed by atoms with E-state index in [1.165, 1.54) is 14.2 Å². The predicted octanol–water partition coefficient (Wildman–Crippen LogP) is 0.911. The molecule has 0 fully saturated rings. The van der Waals surface area contributed by atoms with Crippen LogP contribution < -0.4 is 9.47 Å². The van der Waals surface area contributed by atoms with E-state index in [0.717, 1.165) is 0 Å². The lowest BCUT2D eigenvalue weighted by atomic mass is 10.3. The largest absolute Gasteiger partial charge is 0.479 e. The highest BCUT2D eigenvalue weighted by Gasteiger charge is 2.14. The minimum absolute atomic E-state index is 0.209. The fourth-order valence-electron chi connectivity index (χ4n) is 0.781. The van der Waals surface area contributed by atoms with E-state index in [-0.39, 0.29) is 5.88 Å². The number of aldehydes is 1. The lowest BCUT2D eigenvalue weighted by molar-refractivity contribution is 0.111. The lowest BCUT2D eigenvalue weighted by Crippen LogP contribution is -2.02. The Bertz CT molecular complexity index is 330. The molecule has 1 aromatic rings. The van der Waals surface area contributed by atoms with Gasteiger partial charge in [-0.05, 0) is 22.6 Å². The minimum Gasteiger partial charge on any atom is -0.479 e. The molecule has 70 valence electrons. The van der Waals surface area contributed by atoms with Crippen LogP contribution in [-0.2, 0) is 0 Å². The number of ether oxygens (including phenoxy) is 2. The molecule has 0 aliphatic carbocycles. The Hall–Kier alpha value is -0.920. The summed E-state index contributed by atoms with van der Waals surface area (Å²) in [5.41, 5.74) is 0.356. The van der Waals surface area contributed by atoms with Crippen LogP contribution in [0.25, 0.3) is 0 Å². The van der Waals surface area contributed by atoms with Gasteiger partial charge in [0.15, 0.2) is 6.29 Å². The monoisotopic (exact) mass is 294 g/mol. The van der Waals surface area contributed by atoms with Crippen LogP contribution in [0.2, 0.25) is 0 Å². The second-order valence-corrected chi connectivity index (χ2v) is 3.14. The standard InChI is InChI=1S/C7H7IN2O3/c1-12-6-4(3-11)5(8)7(13-2)10-9-6/h3H,1-2H3. The third kappa shape index (κ3) is 1.87. The number of aromatic nitrogens is 2. The molecular weight excluding hydrogens is 287 g/mol. The van der Waals surface area contributed by atoms with Crippen LogP contribution >= 0.6 is 22.6 Å². The van der Waals surface area contributed by atoms with Gasteiger partial charge in [-0.3, -0.25) is 4.79 Å². The van der Waals surface area contributed by atoms with Gasteiger partial charge < -0.3 is 9.47 Å². The van der Waals surface area contributed by atoms with E-state index in [2.05, 4.69) is 10.2 Å². The molecule has 0 amide bonds. The van der Waals surface area contributed by atoms with E-state index < -0.39 is 0 Å². The van der Waals surface area contributed by atoms with E-state index in [9.17, 15) is 4.79 Å². The van der Waals surface area contributed by atoms with Crippen LogP contribution in [0.3, 0.4) is 0 Å². The van der Waals surface area contributed by atoms with Crippen LogP contribution in [0, 0.1) is 3.57 Å².